The molecule has 1 heterocycles. The summed E-state index contributed by atoms with van der Waals surface area (Å²) >= 11 is 1.70. The Hall–Kier alpha value is -0.700. The fraction of sp³-hybridized carbons (Fsp3) is 0.545. The third kappa shape index (κ3) is 4.01. The predicted molar refractivity (Wildman–Crippen MR) is 62.1 cm³/mol. The molecule has 0 bridgehead atoms. The second-order valence-electron chi connectivity index (χ2n) is 3.31. The van der Waals surface area contributed by atoms with Crippen LogP contribution >= 0.6 is 11.8 Å². The molecule has 0 aromatic carbocycles. The van der Waals surface area contributed by atoms with Crippen molar-refractivity contribution in [1.82, 2.24) is 5.32 Å². The number of ketones is 1. The van der Waals surface area contributed by atoms with E-state index in [1.165, 1.54) is 6.42 Å². The van der Waals surface area contributed by atoms with Gasteiger partial charge in [0.1, 0.15) is 0 Å². The Balaban J connectivity index is 2.15. The van der Waals surface area contributed by atoms with Crippen LogP contribution < -0.4 is 5.32 Å². The summed E-state index contributed by atoms with van der Waals surface area (Å²) in [5.41, 5.74) is 0. The van der Waals surface area contributed by atoms with Gasteiger partial charge in [0.2, 0.25) is 0 Å². The molecule has 14 heavy (non-hydrogen) atoms. The van der Waals surface area contributed by atoms with E-state index in [-0.39, 0.29) is 11.7 Å². The summed E-state index contributed by atoms with van der Waals surface area (Å²) in [5, 5.41) is 5.11. The quantitative estimate of drug-likeness (QED) is 0.540. The molecule has 0 saturated carbocycles. The third-order valence-corrected chi connectivity index (χ3v) is 2.99. The maximum atomic E-state index is 11.5. The number of nitrogens with one attached hydrogen (secondary N) is 1. The lowest BCUT2D eigenvalue weighted by molar-refractivity contribution is -0.116. The minimum atomic E-state index is 0.101. The molecule has 78 valence electrons. The molecule has 0 aromatic heterocycles. The van der Waals surface area contributed by atoms with E-state index in [1.807, 2.05) is 11.5 Å². The van der Waals surface area contributed by atoms with E-state index >= 15 is 0 Å². The standard InChI is InChI=1S/C11H17NOS/c1-2-3-6-12-7-4-11(13)10-5-8-14-9-10/h4-5,7-8,10,12H,2-3,6,9H2,1H3/b7-4-. The van der Waals surface area contributed by atoms with E-state index < -0.39 is 0 Å². The average Bonchev–Trinajstić information content (AvgIpc) is 2.70. The maximum absolute atomic E-state index is 11.5. The van der Waals surface area contributed by atoms with Crippen molar-refractivity contribution in [3.8, 4) is 0 Å². The van der Waals surface area contributed by atoms with Crippen LogP contribution in [0.1, 0.15) is 19.8 Å². The number of hydrogen-bond donors (Lipinski definition) is 1. The van der Waals surface area contributed by atoms with Crippen LogP contribution in [-0.4, -0.2) is 18.1 Å². The van der Waals surface area contributed by atoms with E-state index in [2.05, 4.69) is 12.2 Å². The smallest absolute Gasteiger partial charge is 0.164 e. The van der Waals surface area contributed by atoms with Gasteiger partial charge in [-0.1, -0.05) is 19.4 Å². The van der Waals surface area contributed by atoms with Gasteiger partial charge in [0, 0.05) is 18.2 Å². The van der Waals surface area contributed by atoms with E-state index in [1.54, 1.807) is 24.0 Å². The summed E-state index contributed by atoms with van der Waals surface area (Å²) < 4.78 is 0. The number of unbranched alkanes of at least 4 members (excludes halogenated alkanes) is 1. The fourth-order valence-corrected chi connectivity index (χ4v) is 2.06. The van der Waals surface area contributed by atoms with Crippen molar-refractivity contribution in [3.05, 3.63) is 23.8 Å². The predicted octanol–water partition coefficient (Wildman–Crippen LogP) is 2.34. The summed E-state index contributed by atoms with van der Waals surface area (Å²) in [6.45, 7) is 3.10. The summed E-state index contributed by atoms with van der Waals surface area (Å²) in [6.07, 6.45) is 7.73. The van der Waals surface area contributed by atoms with Gasteiger partial charge in [0.05, 0.1) is 0 Å². The lowest BCUT2D eigenvalue weighted by Crippen LogP contribution is -2.12. The van der Waals surface area contributed by atoms with Gasteiger partial charge in [0.15, 0.2) is 5.78 Å². The zero-order chi connectivity index (χ0) is 10.2. The zero-order valence-corrected chi connectivity index (χ0v) is 9.35. The Kier molecular flexibility index (Phi) is 5.45. The first-order valence-electron chi connectivity index (χ1n) is 5.06. The van der Waals surface area contributed by atoms with Crippen molar-refractivity contribution < 1.29 is 4.79 Å². The van der Waals surface area contributed by atoms with Crippen LogP contribution in [0.3, 0.4) is 0 Å². The van der Waals surface area contributed by atoms with Crippen LogP contribution in [0.4, 0.5) is 0 Å². The van der Waals surface area contributed by atoms with Crippen LogP contribution in [0.15, 0.2) is 23.8 Å². The first-order chi connectivity index (χ1) is 6.84. The highest BCUT2D eigenvalue weighted by atomic mass is 32.2. The molecule has 0 spiro atoms. The SMILES string of the molecule is CCCCN/C=C\C(=O)C1C=CSC1. The van der Waals surface area contributed by atoms with Crippen molar-refractivity contribution in [3.63, 3.8) is 0 Å². The van der Waals surface area contributed by atoms with Gasteiger partial charge >= 0.3 is 0 Å². The molecule has 1 N–H and O–H groups in total. The Bertz CT molecular complexity index is 235. The van der Waals surface area contributed by atoms with E-state index in [0.29, 0.717) is 0 Å². The molecule has 1 unspecified atom stereocenters. The number of hydrogen-bond acceptors (Lipinski definition) is 3. The Morgan fingerprint density at radius 2 is 2.57 bits per heavy atom. The number of carbonyl (C=O) groups is 1. The number of rotatable bonds is 6. The van der Waals surface area contributed by atoms with Gasteiger partial charge in [-0.25, -0.2) is 0 Å². The van der Waals surface area contributed by atoms with E-state index in [0.717, 1.165) is 18.7 Å². The Labute approximate surface area is 89.8 Å². The molecule has 1 aliphatic heterocycles. The molecular formula is C11H17NOS. The van der Waals surface area contributed by atoms with Crippen LogP contribution in [0.25, 0.3) is 0 Å². The zero-order valence-electron chi connectivity index (χ0n) is 8.53. The van der Waals surface area contributed by atoms with E-state index in [4.69, 9.17) is 0 Å². The van der Waals surface area contributed by atoms with Crippen LogP contribution in [0.2, 0.25) is 0 Å². The molecule has 3 heteroatoms. The molecule has 0 aromatic rings. The van der Waals surface area contributed by atoms with Crippen LogP contribution in [-0.2, 0) is 4.79 Å². The minimum absolute atomic E-state index is 0.101. The second-order valence-corrected chi connectivity index (χ2v) is 4.25. The topological polar surface area (TPSA) is 29.1 Å². The van der Waals surface area contributed by atoms with Crippen molar-refractivity contribution in [2.75, 3.05) is 12.3 Å². The largest absolute Gasteiger partial charge is 0.391 e. The van der Waals surface area contributed by atoms with Gasteiger partial charge in [0.25, 0.3) is 0 Å². The summed E-state index contributed by atoms with van der Waals surface area (Å²) in [5.74, 6) is 1.21. The van der Waals surface area contributed by atoms with Gasteiger partial charge in [-0.2, -0.15) is 0 Å². The molecule has 0 radical (unpaired) electrons. The Morgan fingerprint density at radius 1 is 1.71 bits per heavy atom. The molecule has 1 rings (SSSR count). The highest BCUT2D eigenvalue weighted by Gasteiger charge is 2.15. The first-order valence-corrected chi connectivity index (χ1v) is 6.11. The number of carbonyl (C=O) groups excluding carboxylic acids is 1. The van der Waals surface area contributed by atoms with Crippen molar-refractivity contribution in [1.29, 1.82) is 0 Å². The summed E-state index contributed by atoms with van der Waals surface area (Å²) in [6, 6.07) is 0. The summed E-state index contributed by atoms with van der Waals surface area (Å²) in [7, 11) is 0. The van der Waals surface area contributed by atoms with E-state index in [9.17, 15) is 4.79 Å². The van der Waals surface area contributed by atoms with Crippen molar-refractivity contribution >= 4 is 17.5 Å². The Morgan fingerprint density at radius 3 is 3.21 bits per heavy atom. The molecule has 0 aliphatic carbocycles. The molecule has 2 nitrogen and oxygen atoms in total. The van der Waals surface area contributed by atoms with Gasteiger partial charge in [-0.15, -0.1) is 11.8 Å². The monoisotopic (exact) mass is 211 g/mol. The maximum Gasteiger partial charge on any atom is 0.164 e. The minimum Gasteiger partial charge on any atom is -0.391 e. The van der Waals surface area contributed by atoms with Crippen LogP contribution in [0.5, 0.6) is 0 Å². The van der Waals surface area contributed by atoms with Gasteiger partial charge in [-0.05, 0) is 24.1 Å². The fourth-order valence-electron chi connectivity index (χ4n) is 1.17. The average molecular weight is 211 g/mol. The highest BCUT2D eigenvalue weighted by molar-refractivity contribution is 8.02. The normalized spacial score (nSPS) is 20.5. The van der Waals surface area contributed by atoms with Gasteiger partial charge < -0.3 is 5.32 Å². The number of thioether (sulfide) groups is 1. The van der Waals surface area contributed by atoms with Crippen LogP contribution in [0, 0.1) is 5.92 Å². The third-order valence-electron chi connectivity index (χ3n) is 2.09. The highest BCUT2D eigenvalue weighted by Crippen LogP contribution is 2.20. The van der Waals surface area contributed by atoms with Crippen molar-refractivity contribution in [2.45, 2.75) is 19.8 Å². The molecular weight excluding hydrogens is 194 g/mol. The lowest BCUT2D eigenvalue weighted by Gasteiger charge is -2.01. The molecule has 0 fully saturated rings. The molecule has 0 saturated heterocycles. The first kappa shape index (κ1) is 11.4. The second kappa shape index (κ2) is 6.71. The molecule has 1 atom stereocenters. The van der Waals surface area contributed by atoms with Gasteiger partial charge in [-0.3, -0.25) is 4.79 Å². The number of allylic oxidation sites excluding steroid dienone is 2. The lowest BCUT2D eigenvalue weighted by atomic mass is 10.1. The molecule has 1 aliphatic rings. The molecule has 0 amide bonds. The summed E-state index contributed by atoms with van der Waals surface area (Å²) in [4.78, 5) is 11.5. The van der Waals surface area contributed by atoms with Crippen molar-refractivity contribution in [2.24, 2.45) is 5.92 Å².